The summed E-state index contributed by atoms with van der Waals surface area (Å²) in [4.78, 5) is 13.5. The van der Waals surface area contributed by atoms with E-state index < -0.39 is 0 Å². The smallest absolute Gasteiger partial charge is 0.191 e. The predicted octanol–water partition coefficient (Wildman–Crippen LogP) is 3.85. The maximum Gasteiger partial charge on any atom is 0.191 e. The number of hydrogen-bond acceptors (Lipinski definition) is 3. The Hall–Kier alpha value is -2.16. The number of hydrogen-bond donors (Lipinski definition) is 2. The summed E-state index contributed by atoms with van der Waals surface area (Å²) in [5.74, 6) is 1.93. The lowest BCUT2D eigenvalue weighted by atomic mass is 10.1. The van der Waals surface area contributed by atoms with Gasteiger partial charge in [0, 0.05) is 38.6 Å². The predicted molar refractivity (Wildman–Crippen MR) is 131 cm³/mol. The van der Waals surface area contributed by atoms with Crippen LogP contribution in [0.15, 0.2) is 47.7 Å². The average Bonchev–Trinajstić information content (AvgIpc) is 3.02. The van der Waals surface area contributed by atoms with E-state index in [2.05, 4.69) is 70.2 Å². The van der Waals surface area contributed by atoms with Crippen LogP contribution in [0.25, 0.3) is 11.0 Å². The molecule has 0 aliphatic rings. The third-order valence-corrected chi connectivity index (χ3v) is 4.82. The Morgan fingerprint density at radius 3 is 2.76 bits per heavy atom. The number of aromatic nitrogens is 3. The normalized spacial score (nSPS) is 11.3. The number of nitrogens with zero attached hydrogens (tertiary/aromatic N) is 4. The van der Waals surface area contributed by atoms with Gasteiger partial charge in [0.2, 0.25) is 0 Å². The number of benzene rings is 1. The summed E-state index contributed by atoms with van der Waals surface area (Å²) < 4.78 is 2.28. The van der Waals surface area contributed by atoms with Crippen LogP contribution < -0.4 is 10.6 Å². The van der Waals surface area contributed by atoms with Crippen molar-refractivity contribution < 1.29 is 0 Å². The van der Waals surface area contributed by atoms with Crippen molar-refractivity contribution in [3.63, 3.8) is 0 Å². The van der Waals surface area contributed by atoms with Gasteiger partial charge < -0.3 is 15.2 Å². The SMILES string of the molecule is CCNC(=NCCCn1c(C)nc2ccccc21)NCCc1ccncc1C.I. The van der Waals surface area contributed by atoms with E-state index in [9.17, 15) is 0 Å². The second-order valence-electron chi connectivity index (χ2n) is 6.89. The van der Waals surface area contributed by atoms with Gasteiger partial charge in [-0.2, -0.15) is 0 Å². The van der Waals surface area contributed by atoms with Crippen molar-refractivity contribution in [1.29, 1.82) is 0 Å². The van der Waals surface area contributed by atoms with Crippen LogP contribution in [0.1, 0.15) is 30.3 Å². The molecule has 0 aliphatic carbocycles. The fourth-order valence-electron chi connectivity index (χ4n) is 3.34. The summed E-state index contributed by atoms with van der Waals surface area (Å²) in [5, 5.41) is 6.76. The highest BCUT2D eigenvalue weighted by atomic mass is 127. The van der Waals surface area contributed by atoms with E-state index >= 15 is 0 Å². The quantitative estimate of drug-likeness (QED) is 0.211. The Balaban J connectivity index is 0.00000300. The molecule has 7 heteroatoms. The summed E-state index contributed by atoms with van der Waals surface area (Å²) in [5.41, 5.74) is 4.81. The Kier molecular flexibility index (Phi) is 9.37. The van der Waals surface area contributed by atoms with E-state index in [1.165, 1.54) is 16.6 Å². The van der Waals surface area contributed by atoms with Crippen LogP contribution >= 0.6 is 24.0 Å². The van der Waals surface area contributed by atoms with Crippen molar-refractivity contribution in [1.82, 2.24) is 25.2 Å². The van der Waals surface area contributed by atoms with Gasteiger partial charge in [0.25, 0.3) is 0 Å². The van der Waals surface area contributed by atoms with Crippen molar-refractivity contribution in [2.24, 2.45) is 4.99 Å². The third kappa shape index (κ3) is 6.42. The summed E-state index contributed by atoms with van der Waals surface area (Å²) in [6.45, 7) is 9.65. The van der Waals surface area contributed by atoms with Gasteiger partial charge in [-0.1, -0.05) is 12.1 Å². The van der Waals surface area contributed by atoms with Crippen LogP contribution in [0, 0.1) is 13.8 Å². The summed E-state index contributed by atoms with van der Waals surface area (Å²) in [6, 6.07) is 10.4. The molecule has 0 fully saturated rings. The Morgan fingerprint density at radius 1 is 1.14 bits per heavy atom. The summed E-state index contributed by atoms with van der Waals surface area (Å²) in [7, 11) is 0. The monoisotopic (exact) mass is 506 g/mol. The van der Waals surface area contributed by atoms with Crippen LogP contribution in [0.5, 0.6) is 0 Å². The molecular formula is C22H31IN6. The first-order chi connectivity index (χ1) is 13.7. The molecule has 0 bridgehead atoms. The van der Waals surface area contributed by atoms with Gasteiger partial charge in [-0.3, -0.25) is 9.98 Å². The standard InChI is InChI=1S/C22H30N6.HI/c1-4-24-22(26-14-11-19-10-13-23-16-17(19)2)25-12-7-15-28-18(3)27-20-8-5-6-9-21(20)28;/h5-6,8-10,13,16H,4,7,11-12,14-15H2,1-3H3,(H2,24,25,26);1H. The molecule has 0 amide bonds. The molecule has 0 atom stereocenters. The number of aliphatic imine (C=N–C) groups is 1. The second kappa shape index (κ2) is 11.7. The van der Waals surface area contributed by atoms with E-state index in [1.807, 2.05) is 18.5 Å². The first-order valence-corrected chi connectivity index (χ1v) is 10.0. The van der Waals surface area contributed by atoms with Crippen molar-refractivity contribution in [2.75, 3.05) is 19.6 Å². The number of guanidine groups is 1. The molecule has 2 N–H and O–H groups in total. The molecule has 29 heavy (non-hydrogen) atoms. The van der Waals surface area contributed by atoms with Crippen LogP contribution in [-0.2, 0) is 13.0 Å². The van der Waals surface area contributed by atoms with Gasteiger partial charge in [-0.25, -0.2) is 4.98 Å². The molecule has 0 saturated carbocycles. The molecule has 3 rings (SSSR count). The van der Waals surface area contributed by atoms with Crippen molar-refractivity contribution in [3.05, 3.63) is 59.7 Å². The zero-order valence-corrected chi connectivity index (χ0v) is 19.8. The van der Waals surface area contributed by atoms with Crippen LogP contribution in [0.3, 0.4) is 0 Å². The van der Waals surface area contributed by atoms with Gasteiger partial charge in [0.15, 0.2) is 5.96 Å². The van der Waals surface area contributed by atoms with Gasteiger partial charge >= 0.3 is 0 Å². The summed E-state index contributed by atoms with van der Waals surface area (Å²) >= 11 is 0. The minimum atomic E-state index is 0. The number of imidazole rings is 1. The van der Waals surface area contributed by atoms with E-state index in [1.54, 1.807) is 0 Å². The average molecular weight is 506 g/mol. The minimum absolute atomic E-state index is 0. The van der Waals surface area contributed by atoms with Gasteiger partial charge in [-0.15, -0.1) is 24.0 Å². The van der Waals surface area contributed by atoms with Crippen molar-refractivity contribution in [3.8, 4) is 0 Å². The van der Waals surface area contributed by atoms with E-state index in [0.29, 0.717) is 0 Å². The highest BCUT2D eigenvalue weighted by Crippen LogP contribution is 2.15. The first kappa shape index (κ1) is 23.1. The largest absolute Gasteiger partial charge is 0.357 e. The minimum Gasteiger partial charge on any atom is -0.357 e. The molecule has 0 radical (unpaired) electrons. The number of pyridine rings is 1. The molecular weight excluding hydrogens is 475 g/mol. The molecule has 6 nitrogen and oxygen atoms in total. The van der Waals surface area contributed by atoms with Crippen LogP contribution in [-0.4, -0.2) is 40.1 Å². The number of nitrogens with one attached hydrogen (secondary N) is 2. The van der Waals surface area contributed by atoms with Crippen LogP contribution in [0.4, 0.5) is 0 Å². The molecule has 156 valence electrons. The third-order valence-electron chi connectivity index (χ3n) is 4.82. The maximum absolute atomic E-state index is 4.72. The van der Waals surface area contributed by atoms with Gasteiger partial charge in [-0.05, 0) is 62.9 Å². The highest BCUT2D eigenvalue weighted by Gasteiger charge is 2.06. The lowest BCUT2D eigenvalue weighted by molar-refractivity contribution is 0.646. The number of halogens is 1. The van der Waals surface area contributed by atoms with Crippen LogP contribution in [0.2, 0.25) is 0 Å². The fraction of sp³-hybridized carbons (Fsp3) is 0.409. The first-order valence-electron chi connectivity index (χ1n) is 10.0. The Labute approximate surface area is 190 Å². The van der Waals surface area contributed by atoms with E-state index in [4.69, 9.17) is 4.99 Å². The lowest BCUT2D eigenvalue weighted by Crippen LogP contribution is -2.38. The zero-order chi connectivity index (χ0) is 19.8. The molecule has 0 spiro atoms. The fourth-order valence-corrected chi connectivity index (χ4v) is 3.34. The topological polar surface area (TPSA) is 67.1 Å². The van der Waals surface area contributed by atoms with Gasteiger partial charge in [0.05, 0.1) is 11.0 Å². The van der Waals surface area contributed by atoms with E-state index in [-0.39, 0.29) is 24.0 Å². The summed E-state index contributed by atoms with van der Waals surface area (Å²) in [6.07, 6.45) is 5.69. The highest BCUT2D eigenvalue weighted by molar-refractivity contribution is 14.0. The number of rotatable bonds is 8. The molecule has 1 aromatic carbocycles. The molecule has 0 saturated heterocycles. The van der Waals surface area contributed by atoms with Crippen molar-refractivity contribution >= 4 is 41.0 Å². The maximum atomic E-state index is 4.72. The lowest BCUT2D eigenvalue weighted by Gasteiger charge is -2.12. The molecule has 0 unspecified atom stereocenters. The van der Waals surface area contributed by atoms with E-state index in [0.717, 1.165) is 56.3 Å². The molecule has 0 aliphatic heterocycles. The molecule has 2 heterocycles. The molecule has 2 aromatic heterocycles. The van der Waals surface area contributed by atoms with Gasteiger partial charge in [0.1, 0.15) is 5.82 Å². The Morgan fingerprint density at radius 2 is 1.97 bits per heavy atom. The Bertz CT molecular complexity index is 934. The zero-order valence-electron chi connectivity index (χ0n) is 17.5. The number of aryl methyl sites for hydroxylation is 3. The number of fused-ring (bicyclic) bond motifs is 1. The van der Waals surface area contributed by atoms with Crippen molar-refractivity contribution in [2.45, 2.75) is 40.2 Å². The molecule has 3 aromatic rings. The number of para-hydroxylation sites is 2. The second-order valence-corrected chi connectivity index (χ2v) is 6.89.